The zero-order valence-corrected chi connectivity index (χ0v) is 8.67. The van der Waals surface area contributed by atoms with Gasteiger partial charge < -0.3 is 10.3 Å². The highest BCUT2D eigenvalue weighted by Gasteiger charge is 2.07. The fourth-order valence-corrected chi connectivity index (χ4v) is 1.50. The Morgan fingerprint density at radius 1 is 1.33 bits per heavy atom. The number of hydrogen-bond donors (Lipinski definition) is 1. The van der Waals surface area contributed by atoms with Gasteiger partial charge in [-0.1, -0.05) is 6.07 Å². The van der Waals surface area contributed by atoms with Gasteiger partial charge in [0.25, 0.3) is 0 Å². The topological polar surface area (TPSA) is 56.7 Å². The third kappa shape index (κ3) is 2.22. The molecule has 0 saturated carbocycles. The fourth-order valence-electron chi connectivity index (χ4n) is 1.50. The van der Waals surface area contributed by atoms with Crippen molar-refractivity contribution in [2.24, 2.45) is 5.73 Å². The number of rotatable bonds is 3. The second-order valence-corrected chi connectivity index (χ2v) is 3.60. The van der Waals surface area contributed by atoms with Gasteiger partial charge >= 0.3 is 0 Å². The first-order valence-electron chi connectivity index (χ1n) is 4.95. The molecule has 2 aromatic rings. The maximum atomic E-state index is 5.76. The van der Waals surface area contributed by atoms with E-state index in [0.717, 1.165) is 18.1 Å². The maximum absolute atomic E-state index is 5.76. The highest BCUT2D eigenvalue weighted by atomic mass is 15.1. The summed E-state index contributed by atoms with van der Waals surface area (Å²) in [5, 5.41) is 0. The molecule has 0 aliphatic carbocycles. The van der Waals surface area contributed by atoms with E-state index in [2.05, 4.69) is 9.97 Å². The molecule has 4 heteroatoms. The number of nitrogens with zero attached hydrogens (tertiary/aromatic N) is 3. The second kappa shape index (κ2) is 4.23. The lowest BCUT2D eigenvalue weighted by atomic mass is 10.3. The number of aromatic nitrogens is 3. The first-order valence-corrected chi connectivity index (χ1v) is 4.95. The lowest BCUT2D eigenvalue weighted by molar-refractivity contribution is 0.593. The second-order valence-electron chi connectivity index (χ2n) is 3.60. The van der Waals surface area contributed by atoms with Crippen molar-refractivity contribution in [3.63, 3.8) is 0 Å². The Labute approximate surface area is 88.8 Å². The monoisotopic (exact) mass is 202 g/mol. The van der Waals surface area contributed by atoms with Gasteiger partial charge in [-0.05, 0) is 19.1 Å². The van der Waals surface area contributed by atoms with E-state index >= 15 is 0 Å². The SMILES string of the molecule is C[C@H](N)Cn1ccnc1-c1ccccn1. The van der Waals surface area contributed by atoms with Crippen LogP contribution < -0.4 is 5.73 Å². The quantitative estimate of drug-likeness (QED) is 0.816. The number of hydrogen-bond acceptors (Lipinski definition) is 3. The maximum Gasteiger partial charge on any atom is 0.158 e. The Morgan fingerprint density at radius 2 is 2.20 bits per heavy atom. The molecule has 2 rings (SSSR count). The summed E-state index contributed by atoms with van der Waals surface area (Å²) in [5.41, 5.74) is 6.64. The lowest BCUT2D eigenvalue weighted by Gasteiger charge is -2.09. The van der Waals surface area contributed by atoms with Gasteiger partial charge in [0, 0.05) is 31.2 Å². The summed E-state index contributed by atoms with van der Waals surface area (Å²) in [6.07, 6.45) is 5.46. The van der Waals surface area contributed by atoms with Crippen LogP contribution in [0.2, 0.25) is 0 Å². The van der Waals surface area contributed by atoms with Crippen LogP contribution in [0.3, 0.4) is 0 Å². The van der Waals surface area contributed by atoms with Gasteiger partial charge in [-0.3, -0.25) is 4.98 Å². The van der Waals surface area contributed by atoms with Gasteiger partial charge in [0.1, 0.15) is 5.69 Å². The van der Waals surface area contributed by atoms with E-state index < -0.39 is 0 Å². The molecule has 0 fully saturated rings. The van der Waals surface area contributed by atoms with E-state index in [9.17, 15) is 0 Å². The minimum Gasteiger partial charge on any atom is -0.328 e. The molecule has 15 heavy (non-hydrogen) atoms. The van der Waals surface area contributed by atoms with Gasteiger partial charge in [0.2, 0.25) is 0 Å². The molecule has 0 saturated heterocycles. The molecule has 0 spiro atoms. The van der Waals surface area contributed by atoms with Crippen LogP contribution >= 0.6 is 0 Å². The standard InChI is InChI=1S/C11H14N4/c1-9(12)8-15-7-6-14-11(15)10-4-2-3-5-13-10/h2-7,9H,8,12H2,1H3/t9-/m0/s1. The third-order valence-electron chi connectivity index (χ3n) is 2.09. The van der Waals surface area contributed by atoms with Crippen molar-refractivity contribution in [2.75, 3.05) is 0 Å². The van der Waals surface area contributed by atoms with E-state index in [-0.39, 0.29) is 6.04 Å². The van der Waals surface area contributed by atoms with E-state index in [1.165, 1.54) is 0 Å². The molecule has 0 radical (unpaired) electrons. The lowest BCUT2D eigenvalue weighted by Crippen LogP contribution is -2.22. The molecule has 2 N–H and O–H groups in total. The fraction of sp³-hybridized carbons (Fsp3) is 0.273. The normalized spacial score (nSPS) is 12.7. The number of pyridine rings is 1. The van der Waals surface area contributed by atoms with Crippen LogP contribution in [-0.2, 0) is 6.54 Å². The van der Waals surface area contributed by atoms with Crippen molar-refractivity contribution in [3.8, 4) is 11.5 Å². The molecule has 2 heterocycles. The molecule has 0 unspecified atom stereocenters. The summed E-state index contributed by atoms with van der Waals surface area (Å²) in [5.74, 6) is 0.868. The minimum atomic E-state index is 0.113. The largest absolute Gasteiger partial charge is 0.328 e. The Kier molecular flexibility index (Phi) is 2.78. The van der Waals surface area contributed by atoms with Crippen LogP contribution in [0.1, 0.15) is 6.92 Å². The van der Waals surface area contributed by atoms with E-state index in [1.54, 1.807) is 12.4 Å². The van der Waals surface area contributed by atoms with Crippen LogP contribution in [-0.4, -0.2) is 20.6 Å². The average molecular weight is 202 g/mol. The average Bonchev–Trinajstić information content (AvgIpc) is 2.66. The van der Waals surface area contributed by atoms with Crippen molar-refractivity contribution in [3.05, 3.63) is 36.8 Å². The summed E-state index contributed by atoms with van der Waals surface area (Å²) >= 11 is 0. The van der Waals surface area contributed by atoms with Gasteiger partial charge in [-0.2, -0.15) is 0 Å². The third-order valence-corrected chi connectivity index (χ3v) is 2.09. The van der Waals surface area contributed by atoms with Gasteiger partial charge in [0.15, 0.2) is 5.82 Å². The molecular weight excluding hydrogens is 188 g/mol. The molecule has 4 nitrogen and oxygen atoms in total. The molecular formula is C11H14N4. The molecule has 0 bridgehead atoms. The molecule has 1 atom stereocenters. The van der Waals surface area contributed by atoms with Crippen molar-refractivity contribution in [1.82, 2.24) is 14.5 Å². The summed E-state index contributed by atoms with van der Waals surface area (Å²) in [7, 11) is 0. The van der Waals surface area contributed by atoms with Crippen molar-refractivity contribution in [2.45, 2.75) is 19.5 Å². The Hall–Kier alpha value is -1.68. The van der Waals surface area contributed by atoms with Crippen molar-refractivity contribution in [1.29, 1.82) is 0 Å². The molecule has 2 aromatic heterocycles. The van der Waals surface area contributed by atoms with Crippen LogP contribution in [0.15, 0.2) is 36.8 Å². The van der Waals surface area contributed by atoms with E-state index in [4.69, 9.17) is 5.73 Å². The zero-order valence-electron chi connectivity index (χ0n) is 8.67. The van der Waals surface area contributed by atoms with Gasteiger partial charge in [-0.15, -0.1) is 0 Å². The summed E-state index contributed by atoms with van der Waals surface area (Å²) in [6, 6.07) is 5.90. The predicted octanol–water partition coefficient (Wildman–Crippen LogP) is 1.29. The van der Waals surface area contributed by atoms with Gasteiger partial charge in [-0.25, -0.2) is 4.98 Å². The Balaban J connectivity index is 2.33. The Morgan fingerprint density at radius 3 is 2.87 bits per heavy atom. The van der Waals surface area contributed by atoms with E-state index in [1.807, 2.05) is 35.9 Å². The summed E-state index contributed by atoms with van der Waals surface area (Å²) in [6.45, 7) is 2.73. The van der Waals surface area contributed by atoms with Gasteiger partial charge in [0.05, 0.1) is 0 Å². The Bertz CT molecular complexity index is 419. The molecule has 0 aliphatic rings. The molecule has 78 valence electrons. The predicted molar refractivity (Wildman–Crippen MR) is 59.1 cm³/mol. The highest BCUT2D eigenvalue weighted by molar-refractivity contribution is 5.48. The van der Waals surface area contributed by atoms with E-state index in [0.29, 0.717) is 0 Å². The van der Waals surface area contributed by atoms with Crippen LogP contribution in [0, 0.1) is 0 Å². The first kappa shape index (κ1) is 9.86. The molecule has 0 amide bonds. The molecule has 0 aromatic carbocycles. The summed E-state index contributed by atoms with van der Waals surface area (Å²) in [4.78, 5) is 8.55. The molecule has 0 aliphatic heterocycles. The van der Waals surface area contributed by atoms with Crippen LogP contribution in [0.4, 0.5) is 0 Å². The smallest absolute Gasteiger partial charge is 0.158 e. The zero-order chi connectivity index (χ0) is 10.7. The highest BCUT2D eigenvalue weighted by Crippen LogP contribution is 2.13. The van der Waals surface area contributed by atoms with Crippen molar-refractivity contribution >= 4 is 0 Å². The minimum absolute atomic E-state index is 0.113. The number of nitrogens with two attached hydrogens (primary N) is 1. The first-order chi connectivity index (χ1) is 7.27. The van der Waals surface area contributed by atoms with Crippen LogP contribution in [0.25, 0.3) is 11.5 Å². The van der Waals surface area contributed by atoms with Crippen LogP contribution in [0.5, 0.6) is 0 Å². The summed E-state index contributed by atoms with van der Waals surface area (Å²) < 4.78 is 2.02. The van der Waals surface area contributed by atoms with Crippen molar-refractivity contribution < 1.29 is 0 Å². The number of imidazole rings is 1.